The Morgan fingerprint density at radius 2 is 1.74 bits per heavy atom. The van der Waals surface area contributed by atoms with Crippen LogP contribution in [0.25, 0.3) is 11.3 Å². The van der Waals surface area contributed by atoms with Crippen molar-refractivity contribution in [3.05, 3.63) is 76.7 Å². The summed E-state index contributed by atoms with van der Waals surface area (Å²) in [6.45, 7) is 5.98. The number of carbonyl (C=O) groups is 1. The maximum Gasteiger partial charge on any atom is 0.337 e. The summed E-state index contributed by atoms with van der Waals surface area (Å²) in [5, 5.41) is 0.739. The van der Waals surface area contributed by atoms with Gasteiger partial charge >= 0.3 is 5.97 Å². The van der Waals surface area contributed by atoms with E-state index in [0.29, 0.717) is 5.56 Å². The highest BCUT2D eigenvalue weighted by atomic mass is 35.5. The van der Waals surface area contributed by atoms with Gasteiger partial charge < -0.3 is 4.74 Å². The summed E-state index contributed by atoms with van der Waals surface area (Å²) in [7, 11) is 1.39. The highest BCUT2D eigenvalue weighted by Gasteiger charge is 2.22. The smallest absolute Gasteiger partial charge is 0.337 e. The molecule has 4 nitrogen and oxygen atoms in total. The molecule has 1 aromatic heterocycles. The fraction of sp³-hybridized carbons (Fsp3) is 0.273. The average Bonchev–Trinajstić information content (AvgIpc) is 3.05. The highest BCUT2D eigenvalue weighted by Crippen LogP contribution is 2.23. The van der Waals surface area contributed by atoms with Gasteiger partial charge in [-0.1, -0.05) is 30.7 Å². The first kappa shape index (κ1) is 19.2. The number of carbonyl (C=O) groups excluding carboxylic acids is 1. The first-order valence-corrected chi connectivity index (χ1v) is 9.50. The lowest BCUT2D eigenvalue weighted by Gasteiger charge is -2.04. The van der Waals surface area contributed by atoms with E-state index in [2.05, 4.69) is 41.3 Å². The predicted octanol–water partition coefficient (Wildman–Crippen LogP) is 4.51. The summed E-state index contributed by atoms with van der Waals surface area (Å²) >= 11 is 6.04. The number of nitrogens with zero attached hydrogens (tertiary/aromatic N) is 2. The van der Waals surface area contributed by atoms with E-state index in [9.17, 15) is 4.79 Å². The topological polar surface area (TPSA) is 35.1 Å². The second kappa shape index (κ2) is 8.40. The van der Waals surface area contributed by atoms with Crippen molar-refractivity contribution in [1.29, 1.82) is 0 Å². The van der Waals surface area contributed by atoms with Gasteiger partial charge in [0.2, 0.25) is 0 Å². The third kappa shape index (κ3) is 4.06. The molecule has 1 heterocycles. The van der Waals surface area contributed by atoms with Crippen LogP contribution in [0.4, 0.5) is 0 Å². The number of methoxy groups -OCH3 is 1. The Labute approximate surface area is 165 Å². The van der Waals surface area contributed by atoms with Gasteiger partial charge in [0.05, 0.1) is 19.2 Å². The summed E-state index contributed by atoms with van der Waals surface area (Å²) in [4.78, 5) is 11.6. The van der Waals surface area contributed by atoms with E-state index < -0.39 is 0 Å². The fourth-order valence-electron chi connectivity index (χ4n) is 3.38. The zero-order valence-electron chi connectivity index (χ0n) is 15.9. The van der Waals surface area contributed by atoms with Gasteiger partial charge in [-0.3, -0.25) is 0 Å². The summed E-state index contributed by atoms with van der Waals surface area (Å²) in [5.74, 6) is 0.949. The zero-order chi connectivity index (χ0) is 19.4. The molecule has 2 aromatic carbocycles. The van der Waals surface area contributed by atoms with E-state index in [0.717, 1.165) is 35.7 Å². The Kier molecular flexibility index (Phi) is 5.97. The monoisotopic (exact) mass is 383 g/mol. The van der Waals surface area contributed by atoms with Crippen molar-refractivity contribution < 1.29 is 14.1 Å². The summed E-state index contributed by atoms with van der Waals surface area (Å²) in [6, 6.07) is 15.5. The Morgan fingerprint density at radius 3 is 2.30 bits per heavy atom. The molecular weight excluding hydrogens is 360 g/mol. The molecule has 0 aliphatic heterocycles. The van der Waals surface area contributed by atoms with Crippen LogP contribution < -0.4 is 4.57 Å². The molecule has 0 saturated carbocycles. The molecule has 0 spiro atoms. The molecule has 0 aliphatic rings. The van der Waals surface area contributed by atoms with Gasteiger partial charge in [-0.05, 0) is 48.9 Å². The quantitative estimate of drug-likeness (QED) is 0.463. The average molecular weight is 384 g/mol. The Hall–Kier alpha value is -2.59. The first-order chi connectivity index (χ1) is 13.1. The summed E-state index contributed by atoms with van der Waals surface area (Å²) in [5.41, 5.74) is 4.03. The van der Waals surface area contributed by atoms with E-state index in [4.69, 9.17) is 16.3 Å². The number of imidazole rings is 1. The van der Waals surface area contributed by atoms with Crippen molar-refractivity contribution in [2.24, 2.45) is 0 Å². The van der Waals surface area contributed by atoms with Crippen LogP contribution in [0.2, 0.25) is 5.02 Å². The highest BCUT2D eigenvalue weighted by molar-refractivity contribution is 6.30. The van der Waals surface area contributed by atoms with Crippen molar-refractivity contribution >= 4 is 17.6 Å². The molecule has 0 saturated heterocycles. The molecule has 0 atom stereocenters. The Balaban J connectivity index is 1.95. The van der Waals surface area contributed by atoms with Crippen LogP contribution in [-0.4, -0.2) is 17.6 Å². The Bertz CT molecular complexity index is 928. The number of ether oxygens (including phenoxy) is 1. The molecule has 27 heavy (non-hydrogen) atoms. The molecule has 3 rings (SSSR count). The molecule has 0 amide bonds. The largest absolute Gasteiger partial charge is 0.465 e. The number of hydrogen-bond donors (Lipinski definition) is 0. The molecule has 5 heteroatoms. The second-order valence-electron chi connectivity index (χ2n) is 6.35. The van der Waals surface area contributed by atoms with Crippen LogP contribution in [0.15, 0.2) is 54.7 Å². The minimum Gasteiger partial charge on any atom is -0.465 e. The van der Waals surface area contributed by atoms with Crippen LogP contribution in [0.3, 0.4) is 0 Å². The van der Waals surface area contributed by atoms with Gasteiger partial charge in [-0.2, -0.15) is 0 Å². The van der Waals surface area contributed by atoms with Gasteiger partial charge in [0.1, 0.15) is 12.7 Å². The van der Waals surface area contributed by atoms with Crippen LogP contribution in [0.5, 0.6) is 0 Å². The molecule has 0 unspecified atom stereocenters. The number of hydrogen-bond acceptors (Lipinski definition) is 2. The van der Waals surface area contributed by atoms with Gasteiger partial charge in [-0.25, -0.2) is 13.9 Å². The minimum absolute atomic E-state index is 0.314. The van der Waals surface area contributed by atoms with E-state index in [-0.39, 0.29) is 5.97 Å². The molecule has 0 bridgehead atoms. The maximum absolute atomic E-state index is 11.6. The number of halogens is 1. The van der Waals surface area contributed by atoms with Crippen molar-refractivity contribution in [2.75, 3.05) is 7.11 Å². The second-order valence-corrected chi connectivity index (χ2v) is 6.79. The zero-order valence-corrected chi connectivity index (χ0v) is 16.7. The lowest BCUT2D eigenvalue weighted by atomic mass is 10.1. The molecule has 140 valence electrons. The van der Waals surface area contributed by atoms with Gasteiger partial charge in [-0.15, -0.1) is 0 Å². The minimum atomic E-state index is -0.314. The normalized spacial score (nSPS) is 10.8. The van der Waals surface area contributed by atoms with Crippen molar-refractivity contribution in [3.8, 4) is 11.3 Å². The fourth-order valence-corrected chi connectivity index (χ4v) is 3.51. The SMILES string of the molecule is CCc1n(CC)c(-c2ccc(Cl)cc2)c[n+]1Cc1ccc(C(=O)OC)cc1. The van der Waals surface area contributed by atoms with E-state index in [1.807, 2.05) is 36.4 Å². The molecule has 3 aromatic rings. The van der Waals surface area contributed by atoms with Crippen molar-refractivity contribution in [2.45, 2.75) is 33.4 Å². The third-order valence-corrected chi connectivity index (χ3v) is 4.96. The summed E-state index contributed by atoms with van der Waals surface area (Å²) < 4.78 is 9.38. The van der Waals surface area contributed by atoms with E-state index >= 15 is 0 Å². The third-order valence-electron chi connectivity index (χ3n) is 4.71. The van der Waals surface area contributed by atoms with E-state index in [1.165, 1.54) is 18.6 Å². The summed E-state index contributed by atoms with van der Waals surface area (Å²) in [6.07, 6.45) is 3.13. The first-order valence-electron chi connectivity index (χ1n) is 9.12. The molecule has 0 N–H and O–H groups in total. The Morgan fingerprint density at radius 1 is 1.07 bits per heavy atom. The van der Waals surface area contributed by atoms with Gasteiger partial charge in [0.25, 0.3) is 5.82 Å². The van der Waals surface area contributed by atoms with Crippen LogP contribution >= 0.6 is 11.6 Å². The van der Waals surface area contributed by atoms with Gasteiger partial charge in [0, 0.05) is 17.0 Å². The molecule has 0 radical (unpaired) electrons. The van der Waals surface area contributed by atoms with Gasteiger partial charge in [0.15, 0.2) is 5.69 Å². The lowest BCUT2D eigenvalue weighted by molar-refractivity contribution is -0.695. The van der Waals surface area contributed by atoms with Crippen LogP contribution in [-0.2, 0) is 24.2 Å². The number of benzene rings is 2. The van der Waals surface area contributed by atoms with Crippen LogP contribution in [0, 0.1) is 0 Å². The van der Waals surface area contributed by atoms with Crippen molar-refractivity contribution in [1.82, 2.24) is 4.57 Å². The predicted molar refractivity (Wildman–Crippen MR) is 107 cm³/mol. The maximum atomic E-state index is 11.6. The number of esters is 1. The van der Waals surface area contributed by atoms with E-state index in [1.54, 1.807) is 0 Å². The van der Waals surface area contributed by atoms with Crippen LogP contribution in [0.1, 0.15) is 35.6 Å². The molecule has 0 fully saturated rings. The number of rotatable bonds is 6. The molecule has 0 aliphatic carbocycles. The van der Waals surface area contributed by atoms with Crippen molar-refractivity contribution in [3.63, 3.8) is 0 Å². The molecular formula is C22H24ClN2O2+. The lowest BCUT2D eigenvalue weighted by Crippen LogP contribution is -2.37. The number of aromatic nitrogens is 2. The standard InChI is InChI=1S/C22H24ClN2O2/c1-4-21-24(14-16-6-8-18(9-7-16)22(26)27-3)15-20(25(21)5-2)17-10-12-19(23)13-11-17/h6-13,15H,4-5,14H2,1-3H3/q+1.